The molecule has 228 valence electrons. The zero-order chi connectivity index (χ0) is 29.9. The van der Waals surface area contributed by atoms with Gasteiger partial charge < -0.3 is 51.1 Å². The molecule has 0 saturated carbocycles. The van der Waals surface area contributed by atoms with Crippen molar-refractivity contribution >= 4 is 0 Å². The van der Waals surface area contributed by atoms with Gasteiger partial charge in [0, 0.05) is 39.3 Å². The molecule has 0 aliphatic rings. The molecule has 0 rings (SSSR count). The molecule has 0 spiro atoms. The summed E-state index contributed by atoms with van der Waals surface area (Å²) in [7, 11) is 0. The maximum absolute atomic E-state index is 9.53. The first-order valence-electron chi connectivity index (χ1n) is 12.4. The van der Waals surface area contributed by atoms with Gasteiger partial charge in [0.25, 0.3) is 0 Å². The predicted molar refractivity (Wildman–Crippen MR) is 136 cm³/mol. The maximum atomic E-state index is 9.53. The van der Waals surface area contributed by atoms with E-state index < -0.39 is 24.4 Å². The summed E-state index contributed by atoms with van der Waals surface area (Å²) in [6, 6.07) is 0. The molecule has 13 heteroatoms. The Labute approximate surface area is 241 Å². The van der Waals surface area contributed by atoms with E-state index in [4.69, 9.17) is 30.6 Å². The number of aliphatic hydroxyl groups is 6. The summed E-state index contributed by atoms with van der Waals surface area (Å²) in [5.41, 5.74) is 0. The van der Waals surface area contributed by atoms with Crippen molar-refractivity contribution in [1.29, 1.82) is 0 Å². The summed E-state index contributed by atoms with van der Waals surface area (Å²) < 4.78 is 0. The molecule has 0 aliphatic heterocycles. The zero-order valence-electron chi connectivity index (χ0n) is 24.5. The molecule has 0 radical (unpaired) electrons. The van der Waals surface area contributed by atoms with Gasteiger partial charge in [0.2, 0.25) is 0 Å². The van der Waals surface area contributed by atoms with Gasteiger partial charge in [-0.05, 0) is 0 Å². The molecule has 0 saturated heterocycles. The van der Waals surface area contributed by atoms with Gasteiger partial charge in [-0.1, -0.05) is 55.4 Å². The summed E-state index contributed by atoms with van der Waals surface area (Å²) in [4.78, 5) is 3.58. The van der Waals surface area contributed by atoms with E-state index in [1.165, 1.54) is 0 Å². The summed E-state index contributed by atoms with van der Waals surface area (Å²) in [5.74, 6) is 0. The molecule has 0 unspecified atom stereocenters. The Morgan fingerprint density at radius 1 is 0.378 bits per heavy atom. The van der Waals surface area contributed by atoms with Crippen LogP contribution >= 0.6 is 0 Å². The number of nitrogens with zero attached hydrogens (tertiary/aromatic N) is 2. The van der Waals surface area contributed by atoms with Crippen molar-refractivity contribution < 1.29 is 72.8 Å². The first-order valence-corrected chi connectivity index (χ1v) is 12.4. The number of hydrogen-bond acceptors (Lipinski definition) is 12. The smallest absolute Gasteiger partial charge is 0.852 e. The van der Waals surface area contributed by atoms with Crippen LogP contribution in [0.2, 0.25) is 0 Å². The molecule has 0 aromatic rings. The fourth-order valence-electron chi connectivity index (χ4n) is 1.52. The topological polar surface area (TPSA) is 220 Å². The van der Waals surface area contributed by atoms with Crippen molar-refractivity contribution in [2.24, 2.45) is 0 Å². The third-order valence-electron chi connectivity index (χ3n) is 2.50. The molecule has 0 aromatic heterocycles. The van der Waals surface area contributed by atoms with Crippen molar-refractivity contribution in [3.05, 3.63) is 0 Å². The standard InChI is InChI=1S/2C6H15NO3.4C3H7O.Ti/c2*8-4-1-7(2-5-9)3-6-10;4*1-3(2)4;/h2*8-10H,1-6H2;4*3H,1-2H3;/q;;4*-1;+4. The largest absolute Gasteiger partial charge is 4.00 e. The molecule has 0 amide bonds. The number of rotatable bonds is 12. The van der Waals surface area contributed by atoms with Crippen LogP contribution in [0.3, 0.4) is 0 Å². The average molecular weight is 583 g/mol. The first-order chi connectivity index (χ1) is 16.6. The fraction of sp³-hybridized carbons (Fsp3) is 1.00. The van der Waals surface area contributed by atoms with Crippen LogP contribution in [0.5, 0.6) is 0 Å². The van der Waals surface area contributed by atoms with Crippen molar-refractivity contribution in [2.45, 2.75) is 79.8 Å². The Morgan fingerprint density at radius 2 is 0.459 bits per heavy atom. The van der Waals surface area contributed by atoms with Gasteiger partial charge >= 0.3 is 21.7 Å². The summed E-state index contributed by atoms with van der Waals surface area (Å²) in [6.45, 7) is 16.4. The van der Waals surface area contributed by atoms with E-state index in [1.54, 1.807) is 65.2 Å². The van der Waals surface area contributed by atoms with E-state index in [0.717, 1.165) is 0 Å². The molecular weight excluding hydrogens is 524 g/mol. The third kappa shape index (κ3) is 128. The number of hydrogen-bond donors (Lipinski definition) is 6. The molecule has 0 bridgehead atoms. The van der Waals surface area contributed by atoms with E-state index in [2.05, 4.69) is 0 Å². The Hall–Kier alpha value is 0.234. The molecule has 0 fully saturated rings. The Morgan fingerprint density at radius 3 is 0.514 bits per heavy atom. The van der Waals surface area contributed by atoms with Crippen LogP contribution in [0.1, 0.15) is 55.4 Å². The van der Waals surface area contributed by atoms with Gasteiger partial charge in [-0.2, -0.15) is 0 Å². The van der Waals surface area contributed by atoms with Gasteiger partial charge in [0.15, 0.2) is 0 Å². The minimum atomic E-state index is -0.417. The predicted octanol–water partition coefficient (Wildman–Crippen LogP) is -4.45. The molecule has 0 aliphatic carbocycles. The monoisotopic (exact) mass is 582 g/mol. The Kier molecular flexibility index (Phi) is 71.1. The van der Waals surface area contributed by atoms with Gasteiger partial charge in [0.1, 0.15) is 0 Å². The first kappa shape index (κ1) is 53.5. The second-order valence-electron chi connectivity index (χ2n) is 8.22. The minimum absolute atomic E-state index is 0. The van der Waals surface area contributed by atoms with Crippen molar-refractivity contribution in [3.8, 4) is 0 Å². The van der Waals surface area contributed by atoms with Crippen molar-refractivity contribution in [2.75, 3.05) is 78.9 Å². The van der Waals surface area contributed by atoms with E-state index in [-0.39, 0.29) is 61.4 Å². The Balaban J connectivity index is -0.0000000618. The van der Waals surface area contributed by atoms with E-state index >= 15 is 0 Å². The molecule has 6 N–H and O–H groups in total. The van der Waals surface area contributed by atoms with Crippen molar-refractivity contribution in [3.63, 3.8) is 0 Å². The molecular formula is C24H58N2O10Ti. The van der Waals surface area contributed by atoms with Crippen LogP contribution in [0.15, 0.2) is 0 Å². The minimum Gasteiger partial charge on any atom is -0.852 e. The normalized spacial score (nSPS) is 9.73. The van der Waals surface area contributed by atoms with Crippen LogP contribution in [0.25, 0.3) is 0 Å². The Bertz CT molecular complexity index is 252. The molecule has 37 heavy (non-hydrogen) atoms. The quantitative estimate of drug-likeness (QED) is 0.120. The summed E-state index contributed by atoms with van der Waals surface area (Å²) >= 11 is 0. The SMILES string of the molecule is CC(C)[O-].CC(C)[O-].CC(C)[O-].CC(C)[O-].OCCN(CCO)CCO.OCCN(CCO)CCO.[Ti+4]. The third-order valence-corrected chi connectivity index (χ3v) is 2.50. The van der Waals surface area contributed by atoms with Crippen LogP contribution in [-0.4, -0.2) is 144 Å². The van der Waals surface area contributed by atoms with Gasteiger partial charge in [-0.3, -0.25) is 9.80 Å². The molecule has 0 heterocycles. The number of aliphatic hydroxyl groups excluding tert-OH is 6. The zero-order valence-corrected chi connectivity index (χ0v) is 26.1. The maximum Gasteiger partial charge on any atom is 4.00 e. The molecule has 0 aromatic carbocycles. The average Bonchev–Trinajstić information content (AvgIpc) is 2.68. The van der Waals surface area contributed by atoms with Gasteiger partial charge in [0.05, 0.1) is 39.6 Å². The second kappa shape index (κ2) is 49.2. The molecule has 0 atom stereocenters. The fourth-order valence-corrected chi connectivity index (χ4v) is 1.52. The van der Waals surface area contributed by atoms with Gasteiger partial charge in [-0.25, -0.2) is 0 Å². The van der Waals surface area contributed by atoms with Crippen molar-refractivity contribution in [1.82, 2.24) is 9.80 Å². The van der Waals surface area contributed by atoms with E-state index in [0.29, 0.717) is 39.3 Å². The van der Waals surface area contributed by atoms with Crippen LogP contribution in [0.4, 0.5) is 0 Å². The summed E-state index contributed by atoms with van der Waals surface area (Å²) in [6.07, 6.45) is -1.67. The van der Waals surface area contributed by atoms with E-state index in [1.807, 2.05) is 0 Å². The van der Waals surface area contributed by atoms with Crippen LogP contribution in [-0.2, 0) is 21.7 Å². The molecule has 12 nitrogen and oxygen atoms in total. The van der Waals surface area contributed by atoms with Crippen LogP contribution in [0, 0.1) is 0 Å². The van der Waals surface area contributed by atoms with Crippen LogP contribution < -0.4 is 20.4 Å². The van der Waals surface area contributed by atoms with Gasteiger partial charge in [-0.15, -0.1) is 24.4 Å². The van der Waals surface area contributed by atoms with E-state index in [9.17, 15) is 20.4 Å². The summed E-state index contributed by atoms with van der Waals surface area (Å²) in [5, 5.41) is 89.0. The second-order valence-corrected chi connectivity index (χ2v) is 8.22.